The van der Waals surface area contributed by atoms with Gasteiger partial charge in [-0.15, -0.1) is 0 Å². The molecule has 4 N–H and O–H groups in total. The molecule has 32 heavy (non-hydrogen) atoms. The number of hydrazine groups is 1. The van der Waals surface area contributed by atoms with Gasteiger partial charge in [0.2, 0.25) is 5.91 Å². The largest absolute Gasteiger partial charge is 0.326 e. The van der Waals surface area contributed by atoms with E-state index >= 15 is 0 Å². The monoisotopic (exact) mass is 451 g/mol. The molecule has 1 amide bonds. The molecule has 10 heteroatoms. The Morgan fingerprint density at radius 3 is 2.00 bits per heavy atom. The predicted octanol–water partition coefficient (Wildman–Crippen LogP) is 3.11. The molecule has 0 aromatic heterocycles. The fourth-order valence-electron chi connectivity index (χ4n) is 3.43. The van der Waals surface area contributed by atoms with Gasteiger partial charge < -0.3 is 16.2 Å². The number of ketones is 2. The summed E-state index contributed by atoms with van der Waals surface area (Å²) in [4.78, 5) is 36.7. The first kappa shape index (κ1) is 21.2. The van der Waals surface area contributed by atoms with Crippen LogP contribution in [0.5, 0.6) is 0 Å². The number of anilines is 3. The number of amides is 1. The highest BCUT2D eigenvalue weighted by molar-refractivity contribution is 7.85. The summed E-state index contributed by atoms with van der Waals surface area (Å²) in [5, 5.41) is 2.63. The lowest BCUT2D eigenvalue weighted by Gasteiger charge is -2.22. The minimum atomic E-state index is -4.65. The van der Waals surface area contributed by atoms with Gasteiger partial charge in [-0.3, -0.25) is 18.9 Å². The molecule has 0 bridgehead atoms. The highest BCUT2D eigenvalue weighted by Gasteiger charge is 2.33. The van der Waals surface area contributed by atoms with E-state index < -0.39 is 26.6 Å². The third kappa shape index (κ3) is 3.96. The maximum Gasteiger partial charge on any atom is 0.294 e. The maximum absolute atomic E-state index is 13.1. The second kappa shape index (κ2) is 7.91. The molecule has 0 atom stereocenters. The van der Waals surface area contributed by atoms with Crippen molar-refractivity contribution in [3.05, 3.63) is 82.9 Å². The van der Waals surface area contributed by atoms with Crippen LogP contribution in [-0.4, -0.2) is 30.4 Å². The van der Waals surface area contributed by atoms with Crippen LogP contribution in [0.4, 0.5) is 17.1 Å². The molecule has 4 rings (SSSR count). The summed E-state index contributed by atoms with van der Waals surface area (Å²) >= 11 is 0. The van der Waals surface area contributed by atoms with E-state index in [1.54, 1.807) is 36.4 Å². The zero-order chi connectivity index (χ0) is 23.0. The molecule has 0 heterocycles. The van der Waals surface area contributed by atoms with Crippen molar-refractivity contribution in [1.29, 1.82) is 0 Å². The minimum absolute atomic E-state index is 0.00826. The molecule has 162 valence electrons. The Morgan fingerprint density at radius 2 is 1.41 bits per heavy atom. The van der Waals surface area contributed by atoms with Gasteiger partial charge in [0.25, 0.3) is 10.1 Å². The Labute approximate surface area is 183 Å². The number of fused-ring (bicyclic) bond motifs is 2. The lowest BCUT2D eigenvalue weighted by atomic mass is 9.83. The molecule has 0 saturated carbocycles. The van der Waals surface area contributed by atoms with Gasteiger partial charge in [-0.05, 0) is 36.4 Å². The summed E-state index contributed by atoms with van der Waals surface area (Å²) in [6, 6.07) is 14.9. The number of carbonyl (C=O) groups excluding carboxylic acids is 3. The number of benzene rings is 3. The van der Waals surface area contributed by atoms with Crippen LogP contribution in [0.15, 0.2) is 65.6 Å². The van der Waals surface area contributed by atoms with Crippen LogP contribution in [0.3, 0.4) is 0 Å². The smallest absolute Gasteiger partial charge is 0.294 e. The molecule has 0 aliphatic heterocycles. The van der Waals surface area contributed by atoms with Crippen molar-refractivity contribution in [3.63, 3.8) is 0 Å². The first-order valence-electron chi connectivity index (χ1n) is 9.39. The average Bonchev–Trinajstić information content (AvgIpc) is 2.75. The van der Waals surface area contributed by atoms with E-state index in [1.807, 2.05) is 0 Å². The van der Waals surface area contributed by atoms with Crippen LogP contribution in [0, 0.1) is 0 Å². The molecule has 0 saturated heterocycles. The second-order valence-electron chi connectivity index (χ2n) is 7.08. The van der Waals surface area contributed by atoms with E-state index in [2.05, 4.69) is 16.2 Å². The van der Waals surface area contributed by atoms with E-state index in [1.165, 1.54) is 19.1 Å². The highest BCUT2D eigenvalue weighted by Crippen LogP contribution is 2.34. The van der Waals surface area contributed by atoms with E-state index in [0.29, 0.717) is 11.4 Å². The van der Waals surface area contributed by atoms with Gasteiger partial charge in [0.1, 0.15) is 0 Å². The van der Waals surface area contributed by atoms with Gasteiger partial charge in [0, 0.05) is 29.3 Å². The first-order chi connectivity index (χ1) is 15.1. The van der Waals surface area contributed by atoms with E-state index in [-0.39, 0.29) is 33.8 Å². The summed E-state index contributed by atoms with van der Waals surface area (Å²) in [5.74, 6) is -1.20. The molecular weight excluding hydrogens is 434 g/mol. The van der Waals surface area contributed by atoms with Gasteiger partial charge in [-0.2, -0.15) is 8.42 Å². The zero-order valence-corrected chi connectivity index (χ0v) is 17.5. The number of carbonyl (C=O) groups is 3. The third-order valence-electron chi connectivity index (χ3n) is 4.84. The van der Waals surface area contributed by atoms with Crippen molar-refractivity contribution in [2.45, 2.75) is 11.8 Å². The van der Waals surface area contributed by atoms with Crippen LogP contribution in [0.1, 0.15) is 38.8 Å². The summed E-state index contributed by atoms with van der Waals surface area (Å²) in [6.45, 7) is 1.38. The standard InChI is InChI=1S/C22H17N3O6S/c1-12(26)23-13-6-8-14(9-7-13)24-25-19-11-15(32(29,30)31)10-18-20(19)22(28)17-5-3-2-4-16(17)21(18)27/h2-11,24-25H,1H3,(H,23,26)(H,29,30,31). The lowest BCUT2D eigenvalue weighted by molar-refractivity contribution is -0.114. The van der Waals surface area contributed by atoms with E-state index in [4.69, 9.17) is 0 Å². The Bertz CT molecular complexity index is 1380. The van der Waals surface area contributed by atoms with Gasteiger partial charge in [0.05, 0.1) is 21.8 Å². The number of hydrogen-bond donors (Lipinski definition) is 4. The van der Waals surface area contributed by atoms with Crippen molar-refractivity contribution in [1.82, 2.24) is 0 Å². The quantitative estimate of drug-likeness (QED) is 0.268. The van der Waals surface area contributed by atoms with Crippen molar-refractivity contribution >= 4 is 44.7 Å². The molecule has 1 aliphatic carbocycles. The second-order valence-corrected chi connectivity index (χ2v) is 8.50. The van der Waals surface area contributed by atoms with Gasteiger partial charge in [-0.1, -0.05) is 24.3 Å². The van der Waals surface area contributed by atoms with Crippen molar-refractivity contribution < 1.29 is 27.4 Å². The Hall–Kier alpha value is -4.02. The van der Waals surface area contributed by atoms with Crippen molar-refractivity contribution in [2.75, 3.05) is 16.2 Å². The topological polar surface area (TPSA) is 142 Å². The highest BCUT2D eigenvalue weighted by atomic mass is 32.2. The fraction of sp³-hybridized carbons (Fsp3) is 0.0455. The summed E-state index contributed by atoms with van der Waals surface area (Å²) in [7, 11) is -4.65. The van der Waals surface area contributed by atoms with Gasteiger partial charge in [-0.25, -0.2) is 0 Å². The predicted molar refractivity (Wildman–Crippen MR) is 118 cm³/mol. The molecule has 0 radical (unpaired) electrons. The van der Waals surface area contributed by atoms with Gasteiger partial charge >= 0.3 is 0 Å². The maximum atomic E-state index is 13.1. The molecule has 3 aromatic rings. The van der Waals surface area contributed by atoms with Crippen LogP contribution in [0.25, 0.3) is 0 Å². The summed E-state index contributed by atoms with van der Waals surface area (Å²) < 4.78 is 33.1. The average molecular weight is 451 g/mol. The first-order valence-corrected chi connectivity index (χ1v) is 10.8. The zero-order valence-electron chi connectivity index (χ0n) is 16.7. The lowest BCUT2D eigenvalue weighted by Crippen LogP contribution is -2.24. The van der Waals surface area contributed by atoms with Crippen LogP contribution in [0.2, 0.25) is 0 Å². The SMILES string of the molecule is CC(=O)Nc1ccc(NNc2cc(S(=O)(=O)O)cc3c2C(=O)c2ccccc2C3=O)cc1. The third-order valence-corrected chi connectivity index (χ3v) is 5.68. The molecule has 9 nitrogen and oxygen atoms in total. The molecule has 0 unspecified atom stereocenters. The number of hydrogen-bond acceptors (Lipinski definition) is 7. The number of nitrogens with one attached hydrogen (secondary N) is 3. The molecule has 1 aliphatic rings. The Kier molecular flexibility index (Phi) is 5.25. The molecule has 3 aromatic carbocycles. The van der Waals surface area contributed by atoms with Crippen molar-refractivity contribution in [3.8, 4) is 0 Å². The van der Waals surface area contributed by atoms with Gasteiger partial charge in [0.15, 0.2) is 11.6 Å². The Balaban J connectivity index is 1.74. The van der Waals surface area contributed by atoms with E-state index in [9.17, 15) is 27.4 Å². The molecule has 0 fully saturated rings. The number of rotatable bonds is 5. The van der Waals surface area contributed by atoms with Crippen LogP contribution in [-0.2, 0) is 14.9 Å². The minimum Gasteiger partial charge on any atom is -0.326 e. The molecule has 0 spiro atoms. The van der Waals surface area contributed by atoms with E-state index in [0.717, 1.165) is 12.1 Å². The summed E-state index contributed by atoms with van der Waals surface area (Å²) in [6.07, 6.45) is 0. The Morgan fingerprint density at radius 1 is 0.812 bits per heavy atom. The summed E-state index contributed by atoms with van der Waals surface area (Å²) in [5.41, 5.74) is 6.91. The normalized spacial score (nSPS) is 12.6. The van der Waals surface area contributed by atoms with Crippen molar-refractivity contribution in [2.24, 2.45) is 0 Å². The van der Waals surface area contributed by atoms with Crippen LogP contribution >= 0.6 is 0 Å². The fourth-order valence-corrected chi connectivity index (χ4v) is 3.96. The van der Waals surface area contributed by atoms with Crippen LogP contribution < -0.4 is 16.2 Å². The molecular formula is C22H17N3O6S.